The van der Waals surface area contributed by atoms with Crippen LogP contribution in [0.15, 0.2) is 18.3 Å². The largest absolute Gasteiger partial charge is 0.368 e. The van der Waals surface area contributed by atoms with Gasteiger partial charge in [0.05, 0.1) is 18.4 Å². The van der Waals surface area contributed by atoms with Gasteiger partial charge >= 0.3 is 0 Å². The normalized spacial score (nSPS) is 18.4. The van der Waals surface area contributed by atoms with Crippen LogP contribution in [0.25, 0.3) is 0 Å². The van der Waals surface area contributed by atoms with E-state index in [2.05, 4.69) is 25.8 Å². The molecule has 7 heteroatoms. The molecule has 1 aliphatic heterocycles. The van der Waals surface area contributed by atoms with E-state index in [0.29, 0.717) is 18.2 Å². The summed E-state index contributed by atoms with van der Waals surface area (Å²) in [4.78, 5) is 30.6. The van der Waals surface area contributed by atoms with Crippen molar-refractivity contribution in [3.63, 3.8) is 0 Å². The summed E-state index contributed by atoms with van der Waals surface area (Å²) in [5.74, 6) is 0.708. The van der Waals surface area contributed by atoms with E-state index in [-0.39, 0.29) is 18.4 Å². The Balaban J connectivity index is 1.39. The Labute approximate surface area is 154 Å². The van der Waals surface area contributed by atoms with Gasteiger partial charge in [-0.25, -0.2) is 4.98 Å². The van der Waals surface area contributed by atoms with Crippen LogP contribution in [-0.4, -0.2) is 49.5 Å². The van der Waals surface area contributed by atoms with Gasteiger partial charge in [-0.2, -0.15) is 0 Å². The molecule has 3 rings (SSSR count). The van der Waals surface area contributed by atoms with Crippen LogP contribution < -0.4 is 20.9 Å². The second-order valence-corrected chi connectivity index (χ2v) is 7.17. The molecule has 2 fully saturated rings. The number of nitrogens with zero attached hydrogens (tertiary/aromatic N) is 2. The highest BCUT2D eigenvalue weighted by atomic mass is 16.2. The number of piperazine rings is 1. The molecule has 1 aliphatic carbocycles. The van der Waals surface area contributed by atoms with Crippen molar-refractivity contribution in [3.05, 3.63) is 18.3 Å². The van der Waals surface area contributed by atoms with Crippen LogP contribution >= 0.6 is 0 Å². The summed E-state index contributed by atoms with van der Waals surface area (Å²) in [5, 5.41) is 8.77. The minimum atomic E-state index is -0.246. The van der Waals surface area contributed by atoms with E-state index in [1.165, 1.54) is 19.3 Å². The van der Waals surface area contributed by atoms with Crippen molar-refractivity contribution in [2.24, 2.45) is 5.92 Å². The van der Waals surface area contributed by atoms with E-state index < -0.39 is 0 Å². The first-order chi connectivity index (χ1) is 12.7. The Morgan fingerprint density at radius 2 is 1.88 bits per heavy atom. The summed E-state index contributed by atoms with van der Waals surface area (Å²) < 4.78 is 0. The van der Waals surface area contributed by atoms with E-state index >= 15 is 0 Å². The molecule has 1 aromatic rings. The molecule has 26 heavy (non-hydrogen) atoms. The monoisotopic (exact) mass is 359 g/mol. The Morgan fingerprint density at radius 3 is 2.58 bits per heavy atom. The van der Waals surface area contributed by atoms with E-state index in [9.17, 15) is 9.59 Å². The Morgan fingerprint density at radius 1 is 1.12 bits per heavy atom. The van der Waals surface area contributed by atoms with Crippen LogP contribution in [0.2, 0.25) is 0 Å². The fourth-order valence-electron chi connectivity index (χ4n) is 3.66. The van der Waals surface area contributed by atoms with Gasteiger partial charge in [-0.05, 0) is 30.9 Å². The molecule has 2 heterocycles. The number of hydrogen-bond donors (Lipinski definition) is 3. The zero-order valence-electron chi connectivity index (χ0n) is 15.3. The van der Waals surface area contributed by atoms with Gasteiger partial charge in [0.2, 0.25) is 11.8 Å². The molecule has 0 bridgehead atoms. The van der Waals surface area contributed by atoms with Crippen LogP contribution in [0.5, 0.6) is 0 Å². The molecule has 3 N–H and O–H groups in total. The lowest BCUT2D eigenvalue weighted by atomic mass is 9.87. The standard InChI is InChI=1S/C19H29N5O2/c25-18(12-15-4-2-1-3-5-15)22-14-19(26)23-17-7-6-16(13-21-17)24-10-8-20-9-11-24/h6-7,13,15,20H,1-5,8-12,14H2,(H,22,25)(H,21,23,26). The van der Waals surface area contributed by atoms with Crippen molar-refractivity contribution >= 4 is 23.3 Å². The number of hydrogen-bond acceptors (Lipinski definition) is 5. The van der Waals surface area contributed by atoms with Crippen molar-refractivity contribution in [3.8, 4) is 0 Å². The second kappa shape index (κ2) is 9.52. The molecule has 0 radical (unpaired) electrons. The van der Waals surface area contributed by atoms with Crippen molar-refractivity contribution in [2.75, 3.05) is 42.9 Å². The Hall–Kier alpha value is -2.15. The SMILES string of the molecule is O=C(CC1CCCCC1)NCC(=O)Nc1ccc(N2CCNCC2)cn1. The molecule has 0 unspecified atom stereocenters. The summed E-state index contributed by atoms with van der Waals surface area (Å²) >= 11 is 0. The zero-order chi connectivity index (χ0) is 18.2. The van der Waals surface area contributed by atoms with Gasteiger partial charge in [-0.3, -0.25) is 9.59 Å². The maximum absolute atomic E-state index is 12.0. The molecule has 1 aromatic heterocycles. The predicted octanol–water partition coefficient (Wildman–Crippen LogP) is 1.52. The van der Waals surface area contributed by atoms with E-state index in [0.717, 1.165) is 44.7 Å². The smallest absolute Gasteiger partial charge is 0.244 e. The lowest BCUT2D eigenvalue weighted by Gasteiger charge is -2.29. The Bertz CT molecular complexity index is 592. The topological polar surface area (TPSA) is 86.4 Å². The number of pyridine rings is 1. The number of aromatic nitrogens is 1. The summed E-state index contributed by atoms with van der Waals surface area (Å²) in [6, 6.07) is 3.77. The highest BCUT2D eigenvalue weighted by molar-refractivity contribution is 5.93. The summed E-state index contributed by atoms with van der Waals surface area (Å²) in [6.45, 7) is 3.85. The fraction of sp³-hybridized carbons (Fsp3) is 0.632. The molecule has 2 amide bonds. The molecule has 2 aliphatic rings. The minimum Gasteiger partial charge on any atom is -0.368 e. The van der Waals surface area contributed by atoms with E-state index in [1.54, 1.807) is 12.3 Å². The van der Waals surface area contributed by atoms with Crippen molar-refractivity contribution in [1.82, 2.24) is 15.6 Å². The van der Waals surface area contributed by atoms with Crippen molar-refractivity contribution in [2.45, 2.75) is 38.5 Å². The van der Waals surface area contributed by atoms with Gasteiger partial charge in [0.1, 0.15) is 5.82 Å². The number of carbonyl (C=O) groups excluding carboxylic acids is 2. The number of carbonyl (C=O) groups is 2. The van der Waals surface area contributed by atoms with Gasteiger partial charge in [-0.15, -0.1) is 0 Å². The third-order valence-electron chi connectivity index (χ3n) is 5.14. The first kappa shape index (κ1) is 18.6. The molecule has 1 saturated carbocycles. The number of anilines is 2. The molecule has 7 nitrogen and oxygen atoms in total. The quantitative estimate of drug-likeness (QED) is 0.717. The predicted molar refractivity (Wildman–Crippen MR) is 102 cm³/mol. The van der Waals surface area contributed by atoms with Gasteiger partial charge in [0, 0.05) is 32.6 Å². The van der Waals surface area contributed by atoms with Crippen LogP contribution in [0.4, 0.5) is 11.5 Å². The van der Waals surface area contributed by atoms with Crippen molar-refractivity contribution in [1.29, 1.82) is 0 Å². The molecule has 142 valence electrons. The Kier molecular flexibility index (Phi) is 6.82. The van der Waals surface area contributed by atoms with Crippen LogP contribution in [0, 0.1) is 5.92 Å². The average molecular weight is 359 g/mol. The zero-order valence-corrected chi connectivity index (χ0v) is 15.3. The minimum absolute atomic E-state index is 0.00716. The third kappa shape index (κ3) is 5.69. The molecular formula is C19H29N5O2. The van der Waals surface area contributed by atoms with Crippen LogP contribution in [0.1, 0.15) is 38.5 Å². The summed E-state index contributed by atoms with van der Waals surface area (Å²) in [5.41, 5.74) is 1.06. The third-order valence-corrected chi connectivity index (χ3v) is 5.14. The fourth-order valence-corrected chi connectivity index (χ4v) is 3.66. The molecule has 0 aromatic carbocycles. The number of amides is 2. The second-order valence-electron chi connectivity index (χ2n) is 7.17. The maximum atomic E-state index is 12.0. The lowest BCUT2D eigenvalue weighted by molar-refractivity contribution is -0.125. The number of nitrogens with one attached hydrogen (secondary N) is 3. The molecular weight excluding hydrogens is 330 g/mol. The van der Waals surface area contributed by atoms with Crippen LogP contribution in [-0.2, 0) is 9.59 Å². The van der Waals surface area contributed by atoms with E-state index in [1.807, 2.05) is 6.07 Å². The lowest BCUT2D eigenvalue weighted by Crippen LogP contribution is -2.43. The van der Waals surface area contributed by atoms with Gasteiger partial charge in [-0.1, -0.05) is 19.3 Å². The van der Waals surface area contributed by atoms with E-state index in [4.69, 9.17) is 0 Å². The first-order valence-electron chi connectivity index (χ1n) is 9.69. The maximum Gasteiger partial charge on any atom is 0.244 e. The summed E-state index contributed by atoms with van der Waals surface area (Å²) in [7, 11) is 0. The first-order valence-corrected chi connectivity index (χ1v) is 9.69. The number of rotatable bonds is 6. The molecule has 1 saturated heterocycles. The van der Waals surface area contributed by atoms with Gasteiger partial charge in [0.15, 0.2) is 0 Å². The molecule has 0 atom stereocenters. The molecule has 0 spiro atoms. The highest BCUT2D eigenvalue weighted by Gasteiger charge is 2.17. The van der Waals surface area contributed by atoms with Crippen molar-refractivity contribution < 1.29 is 9.59 Å². The van der Waals surface area contributed by atoms with Crippen LogP contribution in [0.3, 0.4) is 0 Å². The van der Waals surface area contributed by atoms with Gasteiger partial charge in [0.25, 0.3) is 0 Å². The van der Waals surface area contributed by atoms with Gasteiger partial charge < -0.3 is 20.9 Å². The highest BCUT2D eigenvalue weighted by Crippen LogP contribution is 2.26. The average Bonchev–Trinajstić information content (AvgIpc) is 2.68. The summed E-state index contributed by atoms with van der Waals surface area (Å²) in [6.07, 6.45) is 8.28.